The van der Waals surface area contributed by atoms with Gasteiger partial charge in [-0.25, -0.2) is 4.98 Å². The number of aromatic nitrogens is 1. The maximum atomic E-state index is 13.4. The summed E-state index contributed by atoms with van der Waals surface area (Å²) in [5.41, 5.74) is 7.91. The van der Waals surface area contributed by atoms with Crippen molar-refractivity contribution < 1.29 is 4.79 Å². The number of anilines is 2. The topological polar surface area (TPSA) is 71.2 Å². The number of nitrogens with two attached hydrogens (primary N) is 1. The number of nitrogens with one attached hydrogen (secondary N) is 1. The molecule has 1 fully saturated rings. The Kier molecular flexibility index (Phi) is 6.87. The van der Waals surface area contributed by atoms with E-state index in [4.69, 9.17) is 5.73 Å². The number of piperidine rings is 1. The Hall–Kier alpha value is -2.05. The van der Waals surface area contributed by atoms with E-state index in [2.05, 4.69) is 36.3 Å². The molecule has 1 unspecified atom stereocenters. The number of para-hydroxylation sites is 1. The number of nitrogens with zero attached hydrogens (tertiary/aromatic N) is 2. The monoisotopic (exact) mass is 438 g/mol. The molecule has 166 valence electrons. The quantitative estimate of drug-likeness (QED) is 0.572. The molecule has 1 amide bonds. The SMILES string of the molecule is C[C@H]1CCC[C@@](C)(CCCCCN2C(=O)C(c3cccc(N)n3)Sc3ccccc32)N1. The van der Waals surface area contributed by atoms with Gasteiger partial charge in [-0.3, -0.25) is 4.79 Å². The van der Waals surface area contributed by atoms with Crippen molar-refractivity contribution in [3.05, 3.63) is 48.2 Å². The van der Waals surface area contributed by atoms with Crippen molar-refractivity contribution in [1.29, 1.82) is 0 Å². The van der Waals surface area contributed by atoms with Gasteiger partial charge in [0.25, 0.3) is 0 Å². The van der Waals surface area contributed by atoms with Crippen molar-refractivity contribution in [2.24, 2.45) is 0 Å². The van der Waals surface area contributed by atoms with Crippen LogP contribution in [0.15, 0.2) is 47.4 Å². The average molecular weight is 439 g/mol. The molecule has 1 saturated heterocycles. The molecule has 1 aromatic carbocycles. The Morgan fingerprint density at radius 2 is 2.03 bits per heavy atom. The number of pyridine rings is 1. The minimum absolute atomic E-state index is 0.108. The van der Waals surface area contributed by atoms with Gasteiger partial charge in [-0.2, -0.15) is 0 Å². The summed E-state index contributed by atoms with van der Waals surface area (Å²) in [4.78, 5) is 20.9. The summed E-state index contributed by atoms with van der Waals surface area (Å²) in [5, 5.41) is 3.45. The number of fused-ring (bicyclic) bond motifs is 1. The summed E-state index contributed by atoms with van der Waals surface area (Å²) < 4.78 is 0. The maximum absolute atomic E-state index is 13.4. The summed E-state index contributed by atoms with van der Waals surface area (Å²) in [6, 6.07) is 14.3. The fourth-order valence-corrected chi connectivity index (χ4v) is 6.14. The number of amides is 1. The fourth-order valence-electron chi connectivity index (χ4n) is 4.95. The lowest BCUT2D eigenvalue weighted by Gasteiger charge is -2.39. The maximum Gasteiger partial charge on any atom is 0.246 e. The molecule has 3 heterocycles. The van der Waals surface area contributed by atoms with Crippen LogP contribution in [0, 0.1) is 0 Å². The van der Waals surface area contributed by atoms with E-state index in [0.717, 1.165) is 35.7 Å². The van der Waals surface area contributed by atoms with Crippen LogP contribution in [0.5, 0.6) is 0 Å². The molecule has 5 nitrogen and oxygen atoms in total. The van der Waals surface area contributed by atoms with Gasteiger partial charge in [0.05, 0.1) is 11.4 Å². The molecular weight excluding hydrogens is 404 g/mol. The molecule has 6 heteroatoms. The molecular formula is C25H34N4OS. The number of unbranched alkanes of at least 4 members (excludes halogenated alkanes) is 2. The largest absolute Gasteiger partial charge is 0.384 e. The highest BCUT2D eigenvalue weighted by Crippen LogP contribution is 2.46. The highest BCUT2D eigenvalue weighted by Gasteiger charge is 2.35. The highest BCUT2D eigenvalue weighted by molar-refractivity contribution is 8.00. The second-order valence-corrected chi connectivity index (χ2v) is 10.4. The van der Waals surface area contributed by atoms with Crippen LogP contribution in [0.1, 0.15) is 69.7 Å². The second kappa shape index (κ2) is 9.61. The Morgan fingerprint density at radius 1 is 1.19 bits per heavy atom. The molecule has 2 aliphatic rings. The van der Waals surface area contributed by atoms with Crippen molar-refractivity contribution in [2.45, 2.75) is 80.5 Å². The first-order valence-corrected chi connectivity index (χ1v) is 12.4. The van der Waals surface area contributed by atoms with Gasteiger partial charge in [0.2, 0.25) is 5.91 Å². The van der Waals surface area contributed by atoms with Crippen LogP contribution in [0.25, 0.3) is 0 Å². The van der Waals surface area contributed by atoms with Crippen LogP contribution in [-0.2, 0) is 4.79 Å². The van der Waals surface area contributed by atoms with Crippen LogP contribution >= 0.6 is 11.8 Å². The van der Waals surface area contributed by atoms with E-state index in [1.165, 1.54) is 32.1 Å². The molecule has 2 aliphatic heterocycles. The normalized spacial score (nSPS) is 26.0. The zero-order valence-electron chi connectivity index (χ0n) is 18.6. The third kappa shape index (κ3) is 5.24. The minimum atomic E-state index is -0.342. The number of hydrogen-bond donors (Lipinski definition) is 2. The zero-order chi connectivity index (χ0) is 21.8. The van der Waals surface area contributed by atoms with Gasteiger partial charge in [-0.1, -0.05) is 37.5 Å². The first-order valence-electron chi connectivity index (χ1n) is 11.5. The molecule has 3 N–H and O–H groups in total. The number of thioether (sulfide) groups is 1. The standard InChI is InChI=1S/C25H34N4OS/c1-18-10-9-16-25(2,28-18)15-6-3-7-17-29-20-12-4-5-13-21(20)31-23(24(29)30)19-11-8-14-22(26)27-19/h4-5,8,11-14,18,23,28H,3,6-7,9-10,15-17H2,1-2H3,(H2,26,27)/t18-,23?,25+/m0/s1. The Bertz CT molecular complexity index is 920. The Balaban J connectivity index is 1.39. The van der Waals surface area contributed by atoms with Gasteiger partial charge in [-0.15, -0.1) is 11.8 Å². The first-order chi connectivity index (χ1) is 15.0. The number of hydrogen-bond acceptors (Lipinski definition) is 5. The predicted octanol–water partition coefficient (Wildman–Crippen LogP) is 5.32. The summed E-state index contributed by atoms with van der Waals surface area (Å²) in [5.74, 6) is 0.562. The van der Waals surface area contributed by atoms with E-state index in [1.807, 2.05) is 29.2 Å². The van der Waals surface area contributed by atoms with E-state index in [0.29, 0.717) is 11.9 Å². The van der Waals surface area contributed by atoms with Crippen LogP contribution < -0.4 is 16.0 Å². The zero-order valence-corrected chi connectivity index (χ0v) is 19.5. The van der Waals surface area contributed by atoms with Crippen LogP contribution in [0.3, 0.4) is 0 Å². The third-order valence-electron chi connectivity index (χ3n) is 6.52. The first kappa shape index (κ1) is 22.2. The lowest BCUT2D eigenvalue weighted by Crippen LogP contribution is -2.50. The fraction of sp³-hybridized carbons (Fsp3) is 0.520. The minimum Gasteiger partial charge on any atom is -0.384 e. The number of rotatable bonds is 7. The van der Waals surface area contributed by atoms with Crippen molar-refractivity contribution in [3.63, 3.8) is 0 Å². The molecule has 0 radical (unpaired) electrons. The highest BCUT2D eigenvalue weighted by atomic mass is 32.2. The van der Waals surface area contributed by atoms with Crippen LogP contribution in [-0.4, -0.2) is 29.0 Å². The Morgan fingerprint density at radius 3 is 2.84 bits per heavy atom. The van der Waals surface area contributed by atoms with Gasteiger partial charge in [0.15, 0.2) is 0 Å². The van der Waals surface area contributed by atoms with Gasteiger partial charge >= 0.3 is 0 Å². The number of nitrogen functional groups attached to an aromatic ring is 1. The molecule has 0 spiro atoms. The van der Waals surface area contributed by atoms with E-state index < -0.39 is 0 Å². The lowest BCUT2D eigenvalue weighted by atomic mass is 9.84. The second-order valence-electron chi connectivity index (χ2n) is 9.25. The smallest absolute Gasteiger partial charge is 0.246 e. The van der Waals surface area contributed by atoms with Gasteiger partial charge in [-0.05, 0) is 63.8 Å². The molecule has 2 aromatic rings. The lowest BCUT2D eigenvalue weighted by molar-refractivity contribution is -0.118. The average Bonchev–Trinajstić information content (AvgIpc) is 2.74. The van der Waals surface area contributed by atoms with Crippen LogP contribution in [0.2, 0.25) is 0 Å². The van der Waals surface area contributed by atoms with Crippen molar-refractivity contribution in [3.8, 4) is 0 Å². The van der Waals surface area contributed by atoms with Gasteiger partial charge < -0.3 is 16.0 Å². The van der Waals surface area contributed by atoms with E-state index in [9.17, 15) is 4.79 Å². The number of carbonyl (C=O) groups excluding carboxylic acids is 1. The summed E-state index contributed by atoms with van der Waals surface area (Å²) >= 11 is 1.58. The predicted molar refractivity (Wildman–Crippen MR) is 129 cm³/mol. The van der Waals surface area contributed by atoms with E-state index >= 15 is 0 Å². The third-order valence-corrected chi connectivity index (χ3v) is 7.80. The number of benzene rings is 1. The van der Waals surface area contributed by atoms with Crippen LogP contribution in [0.4, 0.5) is 11.5 Å². The molecule has 4 rings (SSSR count). The number of carbonyl (C=O) groups is 1. The van der Waals surface area contributed by atoms with E-state index in [-0.39, 0.29) is 16.7 Å². The molecule has 0 aliphatic carbocycles. The van der Waals surface area contributed by atoms with Crippen molar-refractivity contribution in [2.75, 3.05) is 17.2 Å². The van der Waals surface area contributed by atoms with Crippen molar-refractivity contribution >= 4 is 29.2 Å². The molecule has 3 atom stereocenters. The summed E-state index contributed by atoms with van der Waals surface area (Å²) in [6.45, 7) is 5.41. The van der Waals surface area contributed by atoms with Gasteiger partial charge in [0, 0.05) is 23.0 Å². The van der Waals surface area contributed by atoms with Crippen molar-refractivity contribution in [1.82, 2.24) is 10.3 Å². The van der Waals surface area contributed by atoms with E-state index in [1.54, 1.807) is 17.8 Å². The summed E-state index contributed by atoms with van der Waals surface area (Å²) in [6.07, 6.45) is 8.40. The summed E-state index contributed by atoms with van der Waals surface area (Å²) in [7, 11) is 0. The Labute approximate surface area is 190 Å². The molecule has 1 aromatic heterocycles. The molecule has 0 saturated carbocycles. The van der Waals surface area contributed by atoms with Gasteiger partial charge in [0.1, 0.15) is 11.1 Å². The molecule has 0 bridgehead atoms. The molecule has 31 heavy (non-hydrogen) atoms.